The first-order chi connectivity index (χ1) is 6.63. The van der Waals surface area contributed by atoms with E-state index in [9.17, 15) is 8.42 Å². The van der Waals surface area contributed by atoms with Crippen LogP contribution in [0.4, 0.5) is 0 Å². The molecule has 4 nitrogen and oxygen atoms in total. The second kappa shape index (κ2) is 3.79. The molecule has 5 heteroatoms. The Hall–Kier alpha value is -0.130. The maximum absolute atomic E-state index is 11.7. The van der Waals surface area contributed by atoms with Crippen LogP contribution in [-0.2, 0) is 10.0 Å². The summed E-state index contributed by atoms with van der Waals surface area (Å²) in [5.74, 6) is 0. The van der Waals surface area contributed by atoms with Crippen molar-refractivity contribution < 1.29 is 8.42 Å². The van der Waals surface area contributed by atoms with Crippen molar-refractivity contribution in [1.82, 2.24) is 10.0 Å². The summed E-state index contributed by atoms with van der Waals surface area (Å²) in [6.45, 7) is 3.01. The van der Waals surface area contributed by atoms with Crippen molar-refractivity contribution in [3.05, 3.63) is 0 Å². The van der Waals surface area contributed by atoms with Gasteiger partial charge in [0, 0.05) is 12.1 Å². The predicted molar refractivity (Wildman–Crippen MR) is 55.6 cm³/mol. The summed E-state index contributed by atoms with van der Waals surface area (Å²) in [6, 6.07) is 0.439. The van der Waals surface area contributed by atoms with Crippen molar-refractivity contribution in [2.24, 2.45) is 0 Å². The van der Waals surface area contributed by atoms with Gasteiger partial charge in [0.1, 0.15) is 0 Å². The van der Waals surface area contributed by atoms with E-state index in [2.05, 4.69) is 17.0 Å². The number of hydrogen-bond donors (Lipinski definition) is 2. The predicted octanol–water partition coefficient (Wildman–Crippen LogP) is 0.209. The van der Waals surface area contributed by atoms with E-state index in [0.717, 1.165) is 32.2 Å². The number of hydrogen-bond acceptors (Lipinski definition) is 3. The van der Waals surface area contributed by atoms with Crippen molar-refractivity contribution >= 4 is 10.0 Å². The molecule has 1 saturated heterocycles. The number of rotatable bonds is 4. The van der Waals surface area contributed by atoms with Gasteiger partial charge in [-0.1, -0.05) is 6.92 Å². The SMILES string of the molecule is CCC1NCCC1NS(=O)(=O)C1CC1. The minimum atomic E-state index is -3.00. The third-order valence-electron chi connectivity index (χ3n) is 3.07. The molecule has 0 radical (unpaired) electrons. The fourth-order valence-corrected chi connectivity index (χ4v) is 3.68. The van der Waals surface area contributed by atoms with Crippen molar-refractivity contribution in [2.75, 3.05) is 6.54 Å². The van der Waals surface area contributed by atoms with Gasteiger partial charge in [-0.3, -0.25) is 0 Å². The zero-order valence-corrected chi connectivity index (χ0v) is 9.31. The van der Waals surface area contributed by atoms with E-state index < -0.39 is 10.0 Å². The van der Waals surface area contributed by atoms with Crippen LogP contribution in [0.1, 0.15) is 32.6 Å². The molecule has 1 saturated carbocycles. The molecule has 2 fully saturated rings. The highest BCUT2D eigenvalue weighted by molar-refractivity contribution is 7.90. The topological polar surface area (TPSA) is 58.2 Å². The van der Waals surface area contributed by atoms with Gasteiger partial charge in [-0.2, -0.15) is 0 Å². The summed E-state index contributed by atoms with van der Waals surface area (Å²) in [7, 11) is -3.00. The molecular weight excluding hydrogens is 200 g/mol. The monoisotopic (exact) mass is 218 g/mol. The van der Waals surface area contributed by atoms with Crippen LogP contribution < -0.4 is 10.0 Å². The Morgan fingerprint density at radius 2 is 2.07 bits per heavy atom. The molecule has 82 valence electrons. The van der Waals surface area contributed by atoms with Gasteiger partial charge in [-0.05, 0) is 32.2 Å². The second-order valence-electron chi connectivity index (χ2n) is 4.23. The van der Waals surface area contributed by atoms with Crippen molar-refractivity contribution in [3.63, 3.8) is 0 Å². The average molecular weight is 218 g/mol. The molecule has 1 aliphatic carbocycles. The molecular formula is C9H18N2O2S. The largest absolute Gasteiger partial charge is 0.312 e. The van der Waals surface area contributed by atoms with E-state index in [4.69, 9.17) is 0 Å². The molecule has 2 aliphatic rings. The van der Waals surface area contributed by atoms with Crippen molar-refractivity contribution in [3.8, 4) is 0 Å². The summed E-state index contributed by atoms with van der Waals surface area (Å²) >= 11 is 0. The summed E-state index contributed by atoms with van der Waals surface area (Å²) < 4.78 is 26.2. The summed E-state index contributed by atoms with van der Waals surface area (Å²) in [5.41, 5.74) is 0. The highest BCUT2D eigenvalue weighted by Gasteiger charge is 2.39. The Balaban J connectivity index is 1.96. The Labute approximate surface area is 85.5 Å². The summed E-state index contributed by atoms with van der Waals surface area (Å²) in [4.78, 5) is 0. The van der Waals surface area contributed by atoms with Gasteiger partial charge in [-0.15, -0.1) is 0 Å². The molecule has 0 aromatic heterocycles. The zero-order valence-electron chi connectivity index (χ0n) is 8.49. The van der Waals surface area contributed by atoms with Gasteiger partial charge in [-0.25, -0.2) is 13.1 Å². The smallest absolute Gasteiger partial charge is 0.214 e. The second-order valence-corrected chi connectivity index (χ2v) is 6.22. The number of nitrogens with one attached hydrogen (secondary N) is 2. The van der Waals surface area contributed by atoms with Gasteiger partial charge in [0.05, 0.1) is 5.25 Å². The molecule has 2 atom stereocenters. The maximum Gasteiger partial charge on any atom is 0.214 e. The van der Waals surface area contributed by atoms with Crippen molar-refractivity contribution in [2.45, 2.75) is 49.9 Å². The van der Waals surface area contributed by atoms with Gasteiger partial charge >= 0.3 is 0 Å². The molecule has 2 N–H and O–H groups in total. The lowest BCUT2D eigenvalue weighted by atomic mass is 10.1. The van der Waals surface area contributed by atoms with Gasteiger partial charge in [0.25, 0.3) is 0 Å². The Bertz CT molecular complexity index is 298. The molecule has 0 aromatic rings. The lowest BCUT2D eigenvalue weighted by Gasteiger charge is -2.19. The maximum atomic E-state index is 11.7. The molecule has 2 unspecified atom stereocenters. The minimum absolute atomic E-state index is 0.0967. The molecule has 0 bridgehead atoms. The van der Waals surface area contributed by atoms with E-state index >= 15 is 0 Å². The van der Waals surface area contributed by atoms with Crippen LogP contribution in [0.5, 0.6) is 0 Å². The summed E-state index contributed by atoms with van der Waals surface area (Å²) in [5, 5.41) is 3.21. The molecule has 1 aliphatic heterocycles. The Morgan fingerprint density at radius 3 is 2.64 bits per heavy atom. The first-order valence-corrected chi connectivity index (χ1v) is 6.92. The fraction of sp³-hybridized carbons (Fsp3) is 1.00. The minimum Gasteiger partial charge on any atom is -0.312 e. The first-order valence-electron chi connectivity index (χ1n) is 5.38. The lowest BCUT2D eigenvalue weighted by molar-refractivity contribution is 0.483. The van der Waals surface area contributed by atoms with Gasteiger partial charge < -0.3 is 5.32 Å². The Kier molecular flexibility index (Phi) is 2.81. The van der Waals surface area contributed by atoms with Crippen LogP contribution >= 0.6 is 0 Å². The molecule has 0 amide bonds. The van der Waals surface area contributed by atoms with E-state index in [-0.39, 0.29) is 11.3 Å². The van der Waals surface area contributed by atoms with Crippen LogP contribution in [0.3, 0.4) is 0 Å². The van der Waals surface area contributed by atoms with Crippen LogP contribution in [0, 0.1) is 0 Å². The third-order valence-corrected chi connectivity index (χ3v) is 5.05. The highest BCUT2D eigenvalue weighted by atomic mass is 32.2. The quantitative estimate of drug-likeness (QED) is 0.709. The first kappa shape index (κ1) is 10.4. The van der Waals surface area contributed by atoms with Gasteiger partial charge in [0.15, 0.2) is 0 Å². The van der Waals surface area contributed by atoms with Crippen LogP contribution in [0.15, 0.2) is 0 Å². The summed E-state index contributed by atoms with van der Waals surface area (Å²) in [6.07, 6.45) is 3.58. The standard InChI is InChI=1S/C9H18N2O2S/c1-2-8-9(5-6-10-8)11-14(12,13)7-3-4-7/h7-11H,2-6H2,1H3. The van der Waals surface area contributed by atoms with E-state index in [1.54, 1.807) is 0 Å². The molecule has 0 aromatic carbocycles. The van der Waals surface area contributed by atoms with E-state index in [1.807, 2.05) is 0 Å². The molecule has 0 spiro atoms. The lowest BCUT2D eigenvalue weighted by Crippen LogP contribution is -2.44. The fourth-order valence-electron chi connectivity index (χ4n) is 2.02. The molecule has 14 heavy (non-hydrogen) atoms. The highest BCUT2D eigenvalue weighted by Crippen LogP contribution is 2.28. The normalized spacial score (nSPS) is 33.5. The van der Waals surface area contributed by atoms with Crippen molar-refractivity contribution in [1.29, 1.82) is 0 Å². The van der Waals surface area contributed by atoms with Gasteiger partial charge in [0.2, 0.25) is 10.0 Å². The average Bonchev–Trinajstić information content (AvgIpc) is 2.89. The zero-order chi connectivity index (χ0) is 10.2. The third kappa shape index (κ3) is 2.10. The van der Waals surface area contributed by atoms with E-state index in [0.29, 0.717) is 6.04 Å². The van der Waals surface area contributed by atoms with Crippen LogP contribution in [0.2, 0.25) is 0 Å². The van der Waals surface area contributed by atoms with Crippen LogP contribution in [-0.4, -0.2) is 32.3 Å². The molecule has 2 rings (SSSR count). The van der Waals surface area contributed by atoms with E-state index in [1.165, 1.54) is 0 Å². The number of sulfonamides is 1. The Morgan fingerprint density at radius 1 is 1.36 bits per heavy atom. The molecule has 1 heterocycles. The van der Waals surface area contributed by atoms with Crippen LogP contribution in [0.25, 0.3) is 0 Å².